The number of ether oxygens (including phenoxy) is 1. The summed E-state index contributed by atoms with van der Waals surface area (Å²) < 4.78 is 6.50. The molecule has 0 spiro atoms. The van der Waals surface area contributed by atoms with Crippen molar-refractivity contribution < 1.29 is 9.53 Å². The van der Waals surface area contributed by atoms with Gasteiger partial charge in [0.15, 0.2) is 6.61 Å². The van der Waals surface area contributed by atoms with E-state index in [4.69, 9.17) is 4.74 Å². The molecule has 0 radical (unpaired) electrons. The molecular formula is C24H25BrN2O2. The molecule has 0 aliphatic carbocycles. The molecule has 0 bridgehead atoms. The quantitative estimate of drug-likeness (QED) is 0.443. The third-order valence-corrected chi connectivity index (χ3v) is 5.25. The van der Waals surface area contributed by atoms with Gasteiger partial charge in [0.1, 0.15) is 5.75 Å². The molecule has 150 valence electrons. The number of hydrogen-bond donors (Lipinski definition) is 2. The Morgan fingerprint density at radius 3 is 2.41 bits per heavy atom. The highest BCUT2D eigenvalue weighted by molar-refractivity contribution is 9.10. The van der Waals surface area contributed by atoms with Crippen LogP contribution in [0.4, 0.5) is 11.4 Å². The minimum Gasteiger partial charge on any atom is -0.483 e. The van der Waals surface area contributed by atoms with Crippen molar-refractivity contribution in [1.82, 2.24) is 0 Å². The molecule has 0 aliphatic rings. The molecule has 29 heavy (non-hydrogen) atoms. The molecule has 4 nitrogen and oxygen atoms in total. The maximum atomic E-state index is 12.2. The predicted octanol–water partition coefficient (Wildman–Crippen LogP) is 5.95. The fourth-order valence-corrected chi connectivity index (χ4v) is 3.42. The summed E-state index contributed by atoms with van der Waals surface area (Å²) in [6.45, 7) is 4.76. The minimum absolute atomic E-state index is 0.0473. The first-order valence-corrected chi connectivity index (χ1v) is 10.4. The third kappa shape index (κ3) is 6.09. The molecule has 5 heteroatoms. The Kier molecular flexibility index (Phi) is 7.30. The molecule has 0 saturated heterocycles. The average molecular weight is 453 g/mol. The van der Waals surface area contributed by atoms with Crippen LogP contribution in [0, 0.1) is 6.92 Å². The lowest BCUT2D eigenvalue weighted by atomic mass is 10.1. The van der Waals surface area contributed by atoms with E-state index in [1.54, 1.807) is 0 Å². The van der Waals surface area contributed by atoms with Crippen molar-refractivity contribution in [2.24, 2.45) is 0 Å². The summed E-state index contributed by atoms with van der Waals surface area (Å²) in [5, 5.41) is 6.28. The zero-order valence-electron chi connectivity index (χ0n) is 16.7. The Morgan fingerprint density at radius 1 is 1.00 bits per heavy atom. The maximum absolute atomic E-state index is 12.2. The molecule has 3 rings (SSSR count). The number of carbonyl (C=O) groups excluding carboxylic acids is 1. The Bertz CT molecular complexity index is 971. The number of aryl methyl sites for hydroxylation is 2. The summed E-state index contributed by atoms with van der Waals surface area (Å²) in [6, 6.07) is 22.0. The summed E-state index contributed by atoms with van der Waals surface area (Å²) in [5.74, 6) is 0.452. The molecule has 0 atom stereocenters. The molecule has 3 aromatic rings. The van der Waals surface area contributed by atoms with Gasteiger partial charge in [-0.1, -0.05) is 43.3 Å². The fourth-order valence-electron chi connectivity index (χ4n) is 2.88. The van der Waals surface area contributed by atoms with E-state index in [1.807, 2.05) is 49.4 Å². The van der Waals surface area contributed by atoms with Crippen LogP contribution in [0.25, 0.3) is 0 Å². The summed E-state index contributed by atoms with van der Waals surface area (Å²) in [5.41, 5.74) is 5.35. The molecule has 0 heterocycles. The minimum atomic E-state index is -0.188. The molecule has 0 aromatic heterocycles. The summed E-state index contributed by atoms with van der Waals surface area (Å²) in [7, 11) is 0. The van der Waals surface area contributed by atoms with Crippen molar-refractivity contribution in [1.29, 1.82) is 0 Å². The number of carbonyl (C=O) groups is 1. The van der Waals surface area contributed by atoms with E-state index in [-0.39, 0.29) is 12.5 Å². The van der Waals surface area contributed by atoms with Crippen LogP contribution in [0.5, 0.6) is 5.75 Å². The number of halogens is 1. The Balaban J connectivity index is 1.52. The van der Waals surface area contributed by atoms with E-state index < -0.39 is 0 Å². The third-order valence-electron chi connectivity index (χ3n) is 4.63. The van der Waals surface area contributed by atoms with Gasteiger partial charge in [0, 0.05) is 17.9 Å². The first-order chi connectivity index (χ1) is 14.0. The van der Waals surface area contributed by atoms with E-state index in [0.29, 0.717) is 12.3 Å². The zero-order valence-corrected chi connectivity index (χ0v) is 18.3. The summed E-state index contributed by atoms with van der Waals surface area (Å²) in [4.78, 5) is 12.2. The summed E-state index contributed by atoms with van der Waals surface area (Å²) >= 11 is 3.54. The van der Waals surface area contributed by atoms with Crippen LogP contribution >= 0.6 is 15.9 Å². The van der Waals surface area contributed by atoms with Crippen molar-refractivity contribution >= 4 is 33.2 Å². The van der Waals surface area contributed by atoms with Gasteiger partial charge in [-0.15, -0.1) is 0 Å². The monoisotopic (exact) mass is 452 g/mol. The molecule has 0 aliphatic heterocycles. The molecular weight excluding hydrogens is 428 g/mol. The number of nitrogens with one attached hydrogen (secondary N) is 2. The second-order valence-corrected chi connectivity index (χ2v) is 7.67. The van der Waals surface area contributed by atoms with E-state index in [0.717, 1.165) is 33.4 Å². The molecule has 0 fully saturated rings. The fraction of sp³-hybridized carbons (Fsp3) is 0.208. The topological polar surface area (TPSA) is 50.4 Å². The average Bonchev–Trinajstić information content (AvgIpc) is 2.73. The molecule has 0 unspecified atom stereocenters. The van der Waals surface area contributed by atoms with Gasteiger partial charge in [0.25, 0.3) is 5.91 Å². The standard InChI is InChI=1S/C24H25BrN2O2/c1-3-18-8-11-20(12-9-18)26-15-19-10-13-23(21(25)14-19)29-16-24(28)27-22-7-5-4-6-17(22)2/h4-14,26H,3,15-16H2,1-2H3,(H,27,28). The van der Waals surface area contributed by atoms with E-state index in [2.05, 4.69) is 57.8 Å². The highest BCUT2D eigenvalue weighted by atomic mass is 79.9. The number of amides is 1. The first kappa shape index (κ1) is 20.9. The van der Waals surface area contributed by atoms with E-state index >= 15 is 0 Å². The van der Waals surface area contributed by atoms with E-state index in [1.165, 1.54) is 5.56 Å². The Morgan fingerprint density at radius 2 is 1.72 bits per heavy atom. The van der Waals surface area contributed by atoms with Gasteiger partial charge >= 0.3 is 0 Å². The lowest BCUT2D eigenvalue weighted by molar-refractivity contribution is -0.118. The van der Waals surface area contributed by atoms with Crippen LogP contribution in [0.3, 0.4) is 0 Å². The van der Waals surface area contributed by atoms with Gasteiger partial charge in [-0.2, -0.15) is 0 Å². The largest absolute Gasteiger partial charge is 0.483 e. The van der Waals surface area contributed by atoms with Gasteiger partial charge in [0.05, 0.1) is 4.47 Å². The number of para-hydroxylation sites is 1. The Hall–Kier alpha value is -2.79. The molecule has 1 amide bonds. The smallest absolute Gasteiger partial charge is 0.262 e. The van der Waals surface area contributed by atoms with Gasteiger partial charge in [0.2, 0.25) is 0 Å². The predicted molar refractivity (Wildman–Crippen MR) is 123 cm³/mol. The number of anilines is 2. The van der Waals surface area contributed by atoms with Crippen LogP contribution in [-0.4, -0.2) is 12.5 Å². The van der Waals surface area contributed by atoms with Gasteiger partial charge in [-0.3, -0.25) is 4.79 Å². The number of hydrogen-bond acceptors (Lipinski definition) is 3. The molecule has 3 aromatic carbocycles. The maximum Gasteiger partial charge on any atom is 0.262 e. The van der Waals surface area contributed by atoms with Crippen molar-refractivity contribution in [3.8, 4) is 5.75 Å². The van der Waals surface area contributed by atoms with Crippen LogP contribution < -0.4 is 15.4 Å². The molecule has 2 N–H and O–H groups in total. The lowest BCUT2D eigenvalue weighted by Gasteiger charge is -2.12. The Labute approximate surface area is 180 Å². The first-order valence-electron chi connectivity index (χ1n) is 9.64. The number of benzene rings is 3. The number of rotatable bonds is 8. The molecule has 0 saturated carbocycles. The second-order valence-electron chi connectivity index (χ2n) is 6.82. The van der Waals surface area contributed by atoms with Crippen LogP contribution in [0.1, 0.15) is 23.6 Å². The second kappa shape index (κ2) is 10.1. The van der Waals surface area contributed by atoms with Crippen LogP contribution in [-0.2, 0) is 17.8 Å². The van der Waals surface area contributed by atoms with Crippen molar-refractivity contribution in [2.75, 3.05) is 17.2 Å². The van der Waals surface area contributed by atoms with Gasteiger partial charge in [-0.05, 0) is 76.3 Å². The highest BCUT2D eigenvalue weighted by Crippen LogP contribution is 2.26. The van der Waals surface area contributed by atoms with Gasteiger partial charge < -0.3 is 15.4 Å². The van der Waals surface area contributed by atoms with Crippen molar-refractivity contribution in [3.05, 3.63) is 87.9 Å². The zero-order chi connectivity index (χ0) is 20.6. The van der Waals surface area contributed by atoms with Crippen molar-refractivity contribution in [3.63, 3.8) is 0 Å². The van der Waals surface area contributed by atoms with Gasteiger partial charge in [-0.25, -0.2) is 0 Å². The summed E-state index contributed by atoms with van der Waals surface area (Å²) in [6.07, 6.45) is 1.04. The van der Waals surface area contributed by atoms with Crippen LogP contribution in [0.15, 0.2) is 71.2 Å². The van der Waals surface area contributed by atoms with Crippen molar-refractivity contribution in [2.45, 2.75) is 26.8 Å². The normalized spacial score (nSPS) is 10.4. The highest BCUT2D eigenvalue weighted by Gasteiger charge is 2.08. The SMILES string of the molecule is CCc1ccc(NCc2ccc(OCC(=O)Nc3ccccc3C)c(Br)c2)cc1. The van der Waals surface area contributed by atoms with Crippen LogP contribution in [0.2, 0.25) is 0 Å². The lowest BCUT2D eigenvalue weighted by Crippen LogP contribution is -2.20. The van der Waals surface area contributed by atoms with E-state index in [9.17, 15) is 4.79 Å².